The number of carbonyl (C=O) groups is 2. The average Bonchev–Trinajstić information content (AvgIpc) is 3.25. The summed E-state index contributed by atoms with van der Waals surface area (Å²) in [7, 11) is 0. The third-order valence-electron chi connectivity index (χ3n) is 3.87. The molecular formula is C15H13ClN4O4S. The molecule has 2 heterocycles. The Morgan fingerprint density at radius 1 is 1.44 bits per heavy atom. The number of halogens is 1. The lowest BCUT2D eigenvalue weighted by Crippen LogP contribution is -2.43. The van der Waals surface area contributed by atoms with E-state index >= 15 is 0 Å². The van der Waals surface area contributed by atoms with Gasteiger partial charge in [-0.25, -0.2) is 4.98 Å². The summed E-state index contributed by atoms with van der Waals surface area (Å²) in [4.78, 5) is 41.1. The molecule has 1 N–H and O–H groups in total. The maximum absolute atomic E-state index is 12.8. The molecule has 1 atom stereocenters. The number of thiazole rings is 1. The fourth-order valence-corrected chi connectivity index (χ4v) is 3.45. The van der Waals surface area contributed by atoms with Gasteiger partial charge in [-0.2, -0.15) is 0 Å². The third kappa shape index (κ3) is 3.62. The highest BCUT2D eigenvalue weighted by molar-refractivity contribution is 7.13. The summed E-state index contributed by atoms with van der Waals surface area (Å²) < 4.78 is 0. The average molecular weight is 381 g/mol. The number of nitrogens with one attached hydrogen (secondary N) is 1. The molecule has 0 radical (unpaired) electrons. The highest BCUT2D eigenvalue weighted by Gasteiger charge is 2.37. The van der Waals surface area contributed by atoms with Crippen LogP contribution in [0.4, 0.5) is 10.8 Å². The van der Waals surface area contributed by atoms with Crippen LogP contribution in [0.1, 0.15) is 23.2 Å². The summed E-state index contributed by atoms with van der Waals surface area (Å²) >= 11 is 7.06. The van der Waals surface area contributed by atoms with Crippen LogP contribution in [-0.2, 0) is 4.79 Å². The van der Waals surface area contributed by atoms with Crippen LogP contribution in [0.2, 0.25) is 5.02 Å². The van der Waals surface area contributed by atoms with Crippen molar-refractivity contribution in [1.29, 1.82) is 0 Å². The van der Waals surface area contributed by atoms with E-state index in [1.807, 2.05) is 0 Å². The van der Waals surface area contributed by atoms with Gasteiger partial charge >= 0.3 is 0 Å². The fraction of sp³-hybridized carbons (Fsp3) is 0.267. The van der Waals surface area contributed by atoms with Crippen molar-refractivity contribution in [1.82, 2.24) is 9.88 Å². The zero-order valence-corrected chi connectivity index (χ0v) is 14.4. The Balaban J connectivity index is 1.84. The van der Waals surface area contributed by atoms with Crippen LogP contribution in [0.3, 0.4) is 0 Å². The fourth-order valence-electron chi connectivity index (χ4n) is 2.75. The van der Waals surface area contributed by atoms with E-state index in [4.69, 9.17) is 11.6 Å². The van der Waals surface area contributed by atoms with Gasteiger partial charge in [-0.15, -0.1) is 11.3 Å². The van der Waals surface area contributed by atoms with Gasteiger partial charge in [0.1, 0.15) is 11.6 Å². The van der Waals surface area contributed by atoms with Crippen LogP contribution in [-0.4, -0.2) is 39.2 Å². The van der Waals surface area contributed by atoms with Crippen LogP contribution in [0.5, 0.6) is 0 Å². The second-order valence-electron chi connectivity index (χ2n) is 5.40. The number of rotatable bonds is 4. The van der Waals surface area contributed by atoms with E-state index < -0.39 is 16.9 Å². The molecule has 1 aromatic carbocycles. The minimum absolute atomic E-state index is 0.0802. The minimum Gasteiger partial charge on any atom is -0.326 e. The first-order valence-electron chi connectivity index (χ1n) is 7.42. The maximum Gasteiger partial charge on any atom is 0.283 e. The van der Waals surface area contributed by atoms with Gasteiger partial charge in [0, 0.05) is 29.2 Å². The molecule has 0 aliphatic carbocycles. The zero-order valence-electron chi connectivity index (χ0n) is 12.8. The lowest BCUT2D eigenvalue weighted by atomic mass is 10.1. The van der Waals surface area contributed by atoms with Gasteiger partial charge in [0.2, 0.25) is 5.91 Å². The Morgan fingerprint density at radius 2 is 2.24 bits per heavy atom. The first kappa shape index (κ1) is 17.3. The van der Waals surface area contributed by atoms with E-state index in [-0.39, 0.29) is 22.2 Å². The number of amides is 2. The Bertz CT molecular complexity index is 827. The van der Waals surface area contributed by atoms with Crippen LogP contribution < -0.4 is 5.32 Å². The number of benzene rings is 1. The van der Waals surface area contributed by atoms with Crippen molar-refractivity contribution in [2.24, 2.45) is 0 Å². The molecule has 1 aliphatic rings. The summed E-state index contributed by atoms with van der Waals surface area (Å²) in [6.45, 7) is 0.356. The molecule has 0 bridgehead atoms. The molecule has 3 rings (SSSR count). The molecule has 8 nitrogen and oxygen atoms in total. The summed E-state index contributed by atoms with van der Waals surface area (Å²) in [5.74, 6) is -0.905. The molecule has 2 amide bonds. The molecule has 1 aliphatic heterocycles. The number of likely N-dealkylation sites (tertiary alicyclic amines) is 1. The van der Waals surface area contributed by atoms with Crippen molar-refractivity contribution in [3.63, 3.8) is 0 Å². The number of carbonyl (C=O) groups excluding carboxylic acids is 2. The number of nitro groups is 1. The largest absolute Gasteiger partial charge is 0.326 e. The molecule has 1 saturated heterocycles. The van der Waals surface area contributed by atoms with Gasteiger partial charge in [-0.05, 0) is 25.0 Å². The summed E-state index contributed by atoms with van der Waals surface area (Å²) in [5, 5.41) is 16.2. The number of nitrogens with zero attached hydrogens (tertiary/aromatic N) is 3. The Morgan fingerprint density at radius 3 is 2.92 bits per heavy atom. The van der Waals surface area contributed by atoms with E-state index in [2.05, 4.69) is 10.3 Å². The monoisotopic (exact) mass is 380 g/mol. The van der Waals surface area contributed by atoms with Crippen molar-refractivity contribution < 1.29 is 14.5 Å². The van der Waals surface area contributed by atoms with Crippen molar-refractivity contribution in [2.45, 2.75) is 18.9 Å². The van der Waals surface area contributed by atoms with Gasteiger partial charge < -0.3 is 10.2 Å². The van der Waals surface area contributed by atoms with Gasteiger partial charge in [0.25, 0.3) is 11.6 Å². The van der Waals surface area contributed by atoms with Gasteiger partial charge in [-0.1, -0.05) is 11.6 Å². The number of hydrogen-bond acceptors (Lipinski definition) is 6. The van der Waals surface area contributed by atoms with Crippen molar-refractivity contribution in [2.75, 3.05) is 11.9 Å². The normalized spacial score (nSPS) is 16.7. The first-order valence-corrected chi connectivity index (χ1v) is 8.68. The molecule has 2 aromatic rings. The van der Waals surface area contributed by atoms with Gasteiger partial charge in [-0.3, -0.25) is 19.7 Å². The quantitative estimate of drug-likeness (QED) is 0.648. The molecule has 25 heavy (non-hydrogen) atoms. The number of hydrogen-bond donors (Lipinski definition) is 1. The van der Waals surface area contributed by atoms with E-state index in [0.29, 0.717) is 24.5 Å². The van der Waals surface area contributed by atoms with Crippen molar-refractivity contribution in [3.05, 3.63) is 50.5 Å². The molecule has 0 saturated carbocycles. The Kier molecular flexibility index (Phi) is 4.95. The van der Waals surface area contributed by atoms with E-state index in [9.17, 15) is 19.7 Å². The van der Waals surface area contributed by atoms with Crippen molar-refractivity contribution in [3.8, 4) is 0 Å². The zero-order chi connectivity index (χ0) is 18.0. The van der Waals surface area contributed by atoms with Crippen molar-refractivity contribution >= 4 is 45.6 Å². The minimum atomic E-state index is -0.688. The number of nitro benzene ring substituents is 1. The Labute approximate surface area is 151 Å². The third-order valence-corrected chi connectivity index (χ3v) is 4.79. The maximum atomic E-state index is 12.8. The standard InChI is InChI=1S/C15H13ClN4O4S/c16-9-3-4-10(12(8-9)20(23)24)14(22)19-6-1-2-11(19)13(21)18-15-17-5-7-25-15/h3-5,7-8,11H,1-2,6H2,(H,17,18,21). The molecule has 1 fully saturated rings. The Hall–Kier alpha value is -2.52. The predicted molar refractivity (Wildman–Crippen MR) is 92.9 cm³/mol. The summed E-state index contributed by atoms with van der Waals surface area (Å²) in [5.41, 5.74) is -0.452. The van der Waals surface area contributed by atoms with Crippen LogP contribution >= 0.6 is 22.9 Å². The SMILES string of the molecule is O=C(Nc1nccs1)C1CCCN1C(=O)c1ccc(Cl)cc1[N+](=O)[O-]. The van der Waals surface area contributed by atoms with E-state index in [1.165, 1.54) is 28.4 Å². The second kappa shape index (κ2) is 7.16. The van der Waals surface area contributed by atoms with E-state index in [1.54, 1.807) is 11.6 Å². The lowest BCUT2D eigenvalue weighted by Gasteiger charge is -2.23. The topological polar surface area (TPSA) is 105 Å². The molecular weight excluding hydrogens is 368 g/mol. The predicted octanol–water partition coefficient (Wildman–Crippen LogP) is 2.95. The molecule has 10 heteroatoms. The molecule has 1 unspecified atom stereocenters. The van der Waals surface area contributed by atoms with Gasteiger partial charge in [0.05, 0.1) is 4.92 Å². The highest BCUT2D eigenvalue weighted by Crippen LogP contribution is 2.28. The van der Waals surface area contributed by atoms with Crippen LogP contribution in [0, 0.1) is 10.1 Å². The summed E-state index contributed by atoms with van der Waals surface area (Å²) in [6, 6.07) is 3.18. The second-order valence-corrected chi connectivity index (χ2v) is 6.73. The number of aromatic nitrogens is 1. The van der Waals surface area contributed by atoms with Gasteiger partial charge in [0.15, 0.2) is 5.13 Å². The summed E-state index contributed by atoms with van der Waals surface area (Å²) in [6.07, 6.45) is 2.70. The molecule has 0 spiro atoms. The number of anilines is 1. The van der Waals surface area contributed by atoms with Crippen LogP contribution in [0.15, 0.2) is 29.8 Å². The smallest absolute Gasteiger partial charge is 0.283 e. The lowest BCUT2D eigenvalue weighted by molar-refractivity contribution is -0.385. The molecule has 130 valence electrons. The molecule has 1 aromatic heterocycles. The van der Waals surface area contributed by atoms with E-state index in [0.717, 1.165) is 6.07 Å². The van der Waals surface area contributed by atoms with Crippen LogP contribution in [0.25, 0.3) is 0 Å². The highest BCUT2D eigenvalue weighted by atomic mass is 35.5. The first-order chi connectivity index (χ1) is 12.0.